The number of aryl methyl sites for hydroxylation is 2. The number of nitrogens with zero attached hydrogens (tertiary/aromatic N) is 2. The molecule has 0 spiro atoms. The minimum Gasteiger partial charge on any atom is -0.392 e. The Balaban J connectivity index is 2.85. The van der Waals surface area contributed by atoms with Crippen molar-refractivity contribution in [1.29, 1.82) is 0 Å². The lowest BCUT2D eigenvalue weighted by atomic mass is 10.2. The topological polar surface area (TPSA) is 72.2 Å². The molecule has 0 radical (unpaired) electrons. The molecule has 0 aliphatic carbocycles. The third kappa shape index (κ3) is 4.08. The number of sulfone groups is 1. The van der Waals surface area contributed by atoms with Crippen LogP contribution in [0.2, 0.25) is 0 Å². The Morgan fingerprint density at radius 1 is 1.53 bits per heavy atom. The molecule has 1 aromatic heterocycles. The van der Waals surface area contributed by atoms with Crippen LogP contribution in [0.5, 0.6) is 0 Å². The molecule has 0 aromatic carbocycles. The lowest BCUT2D eigenvalue weighted by molar-refractivity contribution is 0.195. The number of halogens is 1. The summed E-state index contributed by atoms with van der Waals surface area (Å²) in [5.41, 5.74) is 1.73. The van der Waals surface area contributed by atoms with Gasteiger partial charge in [-0.05, 0) is 22.4 Å². The number of aromatic nitrogens is 2. The molecule has 1 aromatic rings. The standard InChI is InChI=1S/C10H17BrN2O3S/c1-4-8-10(11)9(13(2)12-8)5-7(14)6-17(3,15)16/h7,14H,4-6H2,1-3H3. The second-order valence-corrected chi connectivity index (χ2v) is 7.11. The van der Waals surface area contributed by atoms with Crippen LogP contribution in [0.3, 0.4) is 0 Å². The smallest absolute Gasteiger partial charge is 0.150 e. The maximum absolute atomic E-state index is 11.1. The fraction of sp³-hybridized carbons (Fsp3) is 0.700. The molecular weight excluding hydrogens is 308 g/mol. The van der Waals surface area contributed by atoms with Crippen molar-refractivity contribution in [1.82, 2.24) is 9.78 Å². The largest absolute Gasteiger partial charge is 0.392 e. The van der Waals surface area contributed by atoms with E-state index in [4.69, 9.17) is 0 Å². The molecule has 0 bridgehead atoms. The van der Waals surface area contributed by atoms with Crippen molar-refractivity contribution < 1.29 is 13.5 Å². The fourth-order valence-corrected chi connectivity index (χ4v) is 3.27. The molecule has 0 saturated heterocycles. The van der Waals surface area contributed by atoms with Crippen LogP contribution in [0.25, 0.3) is 0 Å². The number of aliphatic hydroxyl groups is 1. The van der Waals surface area contributed by atoms with E-state index in [2.05, 4.69) is 21.0 Å². The van der Waals surface area contributed by atoms with Crippen LogP contribution in [0.1, 0.15) is 18.3 Å². The minimum absolute atomic E-state index is 0.230. The van der Waals surface area contributed by atoms with Crippen LogP contribution in [-0.4, -0.2) is 41.4 Å². The van der Waals surface area contributed by atoms with Crippen molar-refractivity contribution in [3.63, 3.8) is 0 Å². The van der Waals surface area contributed by atoms with Gasteiger partial charge < -0.3 is 5.11 Å². The molecule has 5 nitrogen and oxygen atoms in total. The highest BCUT2D eigenvalue weighted by atomic mass is 79.9. The van der Waals surface area contributed by atoms with E-state index >= 15 is 0 Å². The van der Waals surface area contributed by atoms with Crippen LogP contribution >= 0.6 is 15.9 Å². The van der Waals surface area contributed by atoms with Gasteiger partial charge in [-0.1, -0.05) is 6.92 Å². The quantitative estimate of drug-likeness (QED) is 0.865. The van der Waals surface area contributed by atoms with Crippen LogP contribution in [0.4, 0.5) is 0 Å². The van der Waals surface area contributed by atoms with Gasteiger partial charge in [0.15, 0.2) is 0 Å². The van der Waals surface area contributed by atoms with Gasteiger partial charge in [-0.15, -0.1) is 0 Å². The molecule has 17 heavy (non-hydrogen) atoms. The predicted octanol–water partition coefficient (Wildman–Crippen LogP) is 0.693. The van der Waals surface area contributed by atoms with Crippen LogP contribution in [0.15, 0.2) is 4.47 Å². The average Bonchev–Trinajstić information content (AvgIpc) is 2.42. The van der Waals surface area contributed by atoms with E-state index in [0.29, 0.717) is 0 Å². The third-order valence-electron chi connectivity index (χ3n) is 2.43. The summed E-state index contributed by atoms with van der Waals surface area (Å²) < 4.78 is 24.7. The fourth-order valence-electron chi connectivity index (χ4n) is 1.67. The normalized spacial score (nSPS) is 13.9. The molecule has 1 heterocycles. The molecular formula is C10H17BrN2O3S. The van der Waals surface area contributed by atoms with Crippen molar-refractivity contribution in [2.24, 2.45) is 7.05 Å². The van der Waals surface area contributed by atoms with Crippen LogP contribution < -0.4 is 0 Å². The summed E-state index contributed by atoms with van der Waals surface area (Å²) in [5, 5.41) is 14.0. The second-order valence-electron chi connectivity index (χ2n) is 4.13. The lowest BCUT2D eigenvalue weighted by Gasteiger charge is -2.09. The van der Waals surface area contributed by atoms with Crippen molar-refractivity contribution in [3.8, 4) is 0 Å². The summed E-state index contributed by atoms with van der Waals surface area (Å²) >= 11 is 3.43. The van der Waals surface area contributed by atoms with Crippen molar-refractivity contribution in [3.05, 3.63) is 15.9 Å². The molecule has 0 aliphatic heterocycles. The van der Waals surface area contributed by atoms with E-state index in [1.165, 1.54) is 0 Å². The van der Waals surface area contributed by atoms with E-state index in [9.17, 15) is 13.5 Å². The Morgan fingerprint density at radius 2 is 2.12 bits per heavy atom. The third-order valence-corrected chi connectivity index (χ3v) is 4.33. The first-order chi connectivity index (χ1) is 7.74. The molecule has 7 heteroatoms. The van der Waals surface area contributed by atoms with E-state index in [1.54, 1.807) is 11.7 Å². The second kappa shape index (κ2) is 5.49. The number of hydrogen-bond acceptors (Lipinski definition) is 4. The van der Waals surface area contributed by atoms with Gasteiger partial charge in [0.2, 0.25) is 0 Å². The van der Waals surface area contributed by atoms with Crippen LogP contribution in [-0.2, 0) is 29.7 Å². The highest BCUT2D eigenvalue weighted by Gasteiger charge is 2.19. The Labute approximate surface area is 110 Å². The van der Waals surface area contributed by atoms with Gasteiger partial charge >= 0.3 is 0 Å². The zero-order valence-electron chi connectivity index (χ0n) is 10.1. The Hall–Kier alpha value is -0.400. The Bertz CT molecular complexity index is 496. The summed E-state index contributed by atoms with van der Waals surface area (Å²) in [6.07, 6.45) is 1.28. The molecule has 0 saturated carbocycles. The van der Waals surface area contributed by atoms with Gasteiger partial charge in [0.05, 0.1) is 27.7 Å². The van der Waals surface area contributed by atoms with Gasteiger partial charge in [-0.2, -0.15) is 5.10 Å². The summed E-state index contributed by atoms with van der Waals surface area (Å²) in [4.78, 5) is 0. The summed E-state index contributed by atoms with van der Waals surface area (Å²) in [7, 11) is -1.38. The SMILES string of the molecule is CCc1nn(C)c(CC(O)CS(C)(=O)=O)c1Br. The van der Waals surface area contributed by atoms with Gasteiger partial charge in [0, 0.05) is 19.7 Å². The van der Waals surface area contributed by atoms with Gasteiger partial charge in [-0.25, -0.2) is 8.42 Å². The molecule has 1 atom stereocenters. The highest BCUT2D eigenvalue weighted by Crippen LogP contribution is 2.22. The Morgan fingerprint density at radius 3 is 2.53 bits per heavy atom. The summed E-state index contributed by atoms with van der Waals surface area (Å²) in [5.74, 6) is -0.230. The molecule has 1 unspecified atom stereocenters. The van der Waals surface area contributed by atoms with Gasteiger partial charge in [0.1, 0.15) is 9.84 Å². The first-order valence-electron chi connectivity index (χ1n) is 5.30. The van der Waals surface area contributed by atoms with Crippen molar-refractivity contribution >= 4 is 25.8 Å². The van der Waals surface area contributed by atoms with E-state index in [0.717, 1.165) is 28.5 Å². The maximum atomic E-state index is 11.1. The van der Waals surface area contributed by atoms with Crippen LogP contribution in [0, 0.1) is 0 Å². The molecule has 1 rings (SSSR count). The van der Waals surface area contributed by atoms with Crippen molar-refractivity contribution in [2.75, 3.05) is 12.0 Å². The molecule has 0 fully saturated rings. The van der Waals surface area contributed by atoms with E-state index in [-0.39, 0.29) is 12.2 Å². The first-order valence-corrected chi connectivity index (χ1v) is 8.16. The summed E-state index contributed by atoms with van der Waals surface area (Å²) in [6, 6.07) is 0. The highest BCUT2D eigenvalue weighted by molar-refractivity contribution is 9.10. The lowest BCUT2D eigenvalue weighted by Crippen LogP contribution is -2.23. The number of hydrogen-bond donors (Lipinski definition) is 1. The van der Waals surface area contributed by atoms with Gasteiger partial charge in [0.25, 0.3) is 0 Å². The molecule has 0 aliphatic rings. The zero-order chi connectivity index (χ0) is 13.2. The first kappa shape index (κ1) is 14.7. The maximum Gasteiger partial charge on any atom is 0.150 e. The zero-order valence-corrected chi connectivity index (χ0v) is 12.5. The van der Waals surface area contributed by atoms with Gasteiger partial charge in [-0.3, -0.25) is 4.68 Å². The minimum atomic E-state index is -3.16. The monoisotopic (exact) mass is 324 g/mol. The summed E-state index contributed by atoms with van der Waals surface area (Å²) in [6.45, 7) is 1.99. The molecule has 0 amide bonds. The molecule has 98 valence electrons. The average molecular weight is 325 g/mol. The number of aliphatic hydroxyl groups excluding tert-OH is 1. The van der Waals surface area contributed by atoms with E-state index < -0.39 is 15.9 Å². The Kier molecular flexibility index (Phi) is 4.74. The number of rotatable bonds is 5. The molecule has 1 N–H and O–H groups in total. The van der Waals surface area contributed by atoms with Crippen molar-refractivity contribution in [2.45, 2.75) is 25.9 Å². The van der Waals surface area contributed by atoms with E-state index in [1.807, 2.05) is 6.92 Å². The predicted molar refractivity (Wildman–Crippen MR) is 69.7 cm³/mol.